The van der Waals surface area contributed by atoms with Crippen molar-refractivity contribution in [1.82, 2.24) is 14.8 Å². The van der Waals surface area contributed by atoms with Gasteiger partial charge in [-0.15, -0.1) is 0 Å². The number of hydrogen-bond donors (Lipinski definition) is 0. The normalized spacial score (nSPS) is 22.1. The van der Waals surface area contributed by atoms with E-state index < -0.39 is 6.04 Å². The first kappa shape index (κ1) is 19.7. The third-order valence-electron chi connectivity index (χ3n) is 6.05. The number of aromatic nitrogens is 1. The number of amides is 2. The molecule has 8 nitrogen and oxygen atoms in total. The number of likely N-dealkylation sites (tertiary alicyclic amines) is 2. The van der Waals surface area contributed by atoms with Gasteiger partial charge in [-0.05, 0) is 43.5 Å². The van der Waals surface area contributed by atoms with Crippen molar-refractivity contribution in [2.45, 2.75) is 38.3 Å². The van der Waals surface area contributed by atoms with E-state index in [4.69, 9.17) is 14.2 Å². The summed E-state index contributed by atoms with van der Waals surface area (Å²) < 4.78 is 16.7. The monoisotopic (exact) mass is 423 g/mol. The Balaban J connectivity index is 1.23. The fourth-order valence-electron chi connectivity index (χ4n) is 4.39. The van der Waals surface area contributed by atoms with Gasteiger partial charge in [-0.2, -0.15) is 0 Å². The van der Waals surface area contributed by atoms with Gasteiger partial charge in [0, 0.05) is 37.3 Å². The molecule has 1 aromatic heterocycles. The van der Waals surface area contributed by atoms with E-state index in [9.17, 15) is 9.59 Å². The van der Waals surface area contributed by atoms with Crippen LogP contribution in [0.25, 0.3) is 0 Å². The number of hydrogen-bond acceptors (Lipinski definition) is 6. The van der Waals surface area contributed by atoms with Crippen LogP contribution in [-0.4, -0.2) is 65.2 Å². The van der Waals surface area contributed by atoms with Crippen molar-refractivity contribution < 1.29 is 23.8 Å². The summed E-state index contributed by atoms with van der Waals surface area (Å²) in [6.45, 7) is 3.85. The highest BCUT2D eigenvalue weighted by molar-refractivity contribution is 5.98. The minimum absolute atomic E-state index is 0.00504. The van der Waals surface area contributed by atoms with Gasteiger partial charge in [-0.25, -0.2) is 4.98 Å². The molecule has 2 aromatic rings. The van der Waals surface area contributed by atoms with E-state index in [1.54, 1.807) is 29.3 Å². The highest BCUT2D eigenvalue weighted by Gasteiger charge is 2.39. The second-order valence-corrected chi connectivity index (χ2v) is 8.21. The molecule has 2 amide bonds. The van der Waals surface area contributed by atoms with E-state index in [0.717, 1.165) is 18.4 Å². The number of pyridine rings is 1. The molecule has 2 fully saturated rings. The number of nitrogens with zero attached hydrogens (tertiary/aromatic N) is 3. The lowest BCUT2D eigenvalue weighted by atomic mass is 10.1. The quantitative estimate of drug-likeness (QED) is 0.751. The van der Waals surface area contributed by atoms with Crippen LogP contribution < -0.4 is 14.2 Å². The Morgan fingerprint density at radius 3 is 2.81 bits per heavy atom. The minimum atomic E-state index is -0.436. The van der Waals surface area contributed by atoms with Crippen LogP contribution in [0.3, 0.4) is 0 Å². The maximum atomic E-state index is 13.2. The van der Waals surface area contributed by atoms with Crippen molar-refractivity contribution in [2.75, 3.05) is 26.4 Å². The first-order valence-electron chi connectivity index (χ1n) is 10.7. The minimum Gasteiger partial charge on any atom is -0.472 e. The molecule has 2 unspecified atom stereocenters. The van der Waals surface area contributed by atoms with Crippen LogP contribution in [0.15, 0.2) is 36.5 Å². The summed E-state index contributed by atoms with van der Waals surface area (Å²) >= 11 is 0. The number of carbonyl (C=O) groups is 2. The molecule has 8 heteroatoms. The number of aryl methyl sites for hydroxylation is 1. The average molecular weight is 423 g/mol. The van der Waals surface area contributed by atoms with Crippen molar-refractivity contribution in [3.05, 3.63) is 47.7 Å². The Morgan fingerprint density at radius 1 is 1.10 bits per heavy atom. The van der Waals surface area contributed by atoms with Gasteiger partial charge in [0.1, 0.15) is 12.1 Å². The number of ether oxygens (including phenoxy) is 3. The van der Waals surface area contributed by atoms with Crippen molar-refractivity contribution in [3.63, 3.8) is 0 Å². The summed E-state index contributed by atoms with van der Waals surface area (Å²) in [5.74, 6) is 1.62. The van der Waals surface area contributed by atoms with Crippen LogP contribution in [0.5, 0.6) is 17.4 Å². The molecule has 31 heavy (non-hydrogen) atoms. The molecule has 4 heterocycles. The lowest BCUT2D eigenvalue weighted by Crippen LogP contribution is -2.47. The molecule has 2 saturated heterocycles. The first-order valence-corrected chi connectivity index (χ1v) is 10.7. The Kier molecular flexibility index (Phi) is 5.13. The van der Waals surface area contributed by atoms with Gasteiger partial charge >= 0.3 is 0 Å². The van der Waals surface area contributed by atoms with E-state index in [-0.39, 0.29) is 24.7 Å². The predicted molar refractivity (Wildman–Crippen MR) is 111 cm³/mol. The Bertz CT molecular complexity index is 993. The molecule has 0 aliphatic carbocycles. The first-order chi connectivity index (χ1) is 15.1. The second kappa shape index (κ2) is 8.09. The number of fused-ring (bicyclic) bond motifs is 1. The number of carbonyl (C=O) groups excluding carboxylic acids is 2. The van der Waals surface area contributed by atoms with E-state index >= 15 is 0 Å². The summed E-state index contributed by atoms with van der Waals surface area (Å²) in [7, 11) is 0. The maximum Gasteiger partial charge on any atom is 0.254 e. The summed E-state index contributed by atoms with van der Waals surface area (Å²) in [6, 6.07) is 8.53. The molecule has 1 aromatic carbocycles. The molecule has 0 N–H and O–H groups in total. The van der Waals surface area contributed by atoms with Crippen LogP contribution in [0.1, 0.15) is 35.2 Å². The molecule has 0 spiro atoms. The van der Waals surface area contributed by atoms with Crippen molar-refractivity contribution >= 4 is 11.8 Å². The Morgan fingerprint density at radius 2 is 1.97 bits per heavy atom. The topological polar surface area (TPSA) is 81.2 Å². The fourth-order valence-corrected chi connectivity index (χ4v) is 4.39. The molecule has 3 aliphatic heterocycles. The van der Waals surface area contributed by atoms with Gasteiger partial charge in [0.05, 0.1) is 6.54 Å². The van der Waals surface area contributed by atoms with E-state index in [1.165, 1.54) is 0 Å². The highest BCUT2D eigenvalue weighted by atomic mass is 16.7. The molecular formula is C23H25N3O5. The van der Waals surface area contributed by atoms with E-state index in [2.05, 4.69) is 4.98 Å². The summed E-state index contributed by atoms with van der Waals surface area (Å²) in [4.78, 5) is 34.2. The zero-order valence-corrected chi connectivity index (χ0v) is 17.5. The lowest BCUT2D eigenvalue weighted by molar-refractivity contribution is -0.134. The molecule has 162 valence electrons. The third-order valence-corrected chi connectivity index (χ3v) is 6.05. The summed E-state index contributed by atoms with van der Waals surface area (Å²) in [5.41, 5.74) is 1.58. The molecular weight excluding hydrogens is 398 g/mol. The largest absolute Gasteiger partial charge is 0.472 e. The van der Waals surface area contributed by atoms with Crippen LogP contribution in [0, 0.1) is 6.92 Å². The van der Waals surface area contributed by atoms with Gasteiger partial charge in [-0.3, -0.25) is 9.59 Å². The molecule has 0 bridgehead atoms. The number of rotatable bonds is 4. The zero-order valence-electron chi connectivity index (χ0n) is 17.5. The van der Waals surface area contributed by atoms with Crippen LogP contribution in [0.2, 0.25) is 0 Å². The average Bonchev–Trinajstić information content (AvgIpc) is 3.54. The molecule has 0 radical (unpaired) electrons. The van der Waals surface area contributed by atoms with Crippen molar-refractivity contribution in [2.24, 2.45) is 0 Å². The van der Waals surface area contributed by atoms with Gasteiger partial charge < -0.3 is 24.0 Å². The van der Waals surface area contributed by atoms with E-state index in [0.29, 0.717) is 49.0 Å². The smallest absolute Gasteiger partial charge is 0.254 e. The van der Waals surface area contributed by atoms with Gasteiger partial charge in [-0.1, -0.05) is 6.07 Å². The SMILES string of the molecule is Cc1ccc(OC2CCN(C(=O)C3CCCN3C(=O)c3ccc4c(c3)OCO4)C2)nc1. The molecule has 2 atom stereocenters. The Hall–Kier alpha value is -3.29. The fraction of sp³-hybridized carbons (Fsp3) is 0.435. The maximum absolute atomic E-state index is 13.2. The summed E-state index contributed by atoms with van der Waals surface area (Å²) in [5, 5.41) is 0. The van der Waals surface area contributed by atoms with Crippen molar-refractivity contribution in [1.29, 1.82) is 0 Å². The molecule has 0 saturated carbocycles. The van der Waals surface area contributed by atoms with Gasteiger partial charge in [0.15, 0.2) is 11.5 Å². The zero-order chi connectivity index (χ0) is 21.4. The predicted octanol–water partition coefficient (Wildman–Crippen LogP) is 2.40. The van der Waals surface area contributed by atoms with Crippen molar-refractivity contribution in [3.8, 4) is 17.4 Å². The van der Waals surface area contributed by atoms with Gasteiger partial charge in [0.25, 0.3) is 5.91 Å². The highest BCUT2D eigenvalue weighted by Crippen LogP contribution is 2.33. The van der Waals surface area contributed by atoms with Gasteiger partial charge in [0.2, 0.25) is 18.6 Å². The summed E-state index contributed by atoms with van der Waals surface area (Å²) in [6.07, 6.45) is 3.93. The molecule has 3 aliphatic rings. The van der Waals surface area contributed by atoms with Crippen LogP contribution in [-0.2, 0) is 4.79 Å². The second-order valence-electron chi connectivity index (χ2n) is 8.21. The Labute approximate surface area is 180 Å². The standard InChI is InChI=1S/C23H25N3O5/c1-15-4-7-21(24-12-15)31-17-8-10-25(13-17)23(28)18-3-2-9-26(18)22(27)16-5-6-19-20(11-16)30-14-29-19/h4-7,11-12,17-18H,2-3,8-10,13-14H2,1H3. The third kappa shape index (κ3) is 3.89. The van der Waals surface area contributed by atoms with E-state index in [1.807, 2.05) is 24.0 Å². The van der Waals surface area contributed by atoms with Crippen LogP contribution >= 0.6 is 0 Å². The number of benzene rings is 1. The van der Waals surface area contributed by atoms with Crippen LogP contribution in [0.4, 0.5) is 0 Å². The molecule has 5 rings (SSSR count). The lowest BCUT2D eigenvalue weighted by Gasteiger charge is -2.28.